The number of ether oxygens (including phenoxy) is 1. The maximum absolute atomic E-state index is 12.4. The van der Waals surface area contributed by atoms with Crippen LogP contribution in [0.15, 0.2) is 63.4 Å². The average Bonchev–Trinajstić information content (AvgIpc) is 3.21. The fourth-order valence-electron chi connectivity index (χ4n) is 2.83. The van der Waals surface area contributed by atoms with Gasteiger partial charge in [0.1, 0.15) is 23.6 Å². The topological polar surface area (TPSA) is 65.5 Å². The number of furan rings is 1. The van der Waals surface area contributed by atoms with Crippen molar-refractivity contribution in [2.75, 3.05) is 0 Å². The van der Waals surface area contributed by atoms with Crippen LogP contribution in [0.1, 0.15) is 27.6 Å². The zero-order valence-electron chi connectivity index (χ0n) is 14.5. The standard InChI is InChI=1S/C21H17NO4/c1-13-16-10-6-7-11-18(16)26-19(13)21(23)24-12-17-14(2)25-20(22-17)15-8-4-3-5-9-15/h3-11H,12H2,1-2H3. The summed E-state index contributed by atoms with van der Waals surface area (Å²) in [4.78, 5) is 16.9. The van der Waals surface area contributed by atoms with Gasteiger partial charge in [-0.25, -0.2) is 9.78 Å². The molecule has 0 aliphatic heterocycles. The van der Waals surface area contributed by atoms with Crippen molar-refractivity contribution in [3.63, 3.8) is 0 Å². The number of fused-ring (bicyclic) bond motifs is 1. The van der Waals surface area contributed by atoms with Crippen LogP contribution in [0.25, 0.3) is 22.4 Å². The molecule has 0 atom stereocenters. The smallest absolute Gasteiger partial charge is 0.374 e. The van der Waals surface area contributed by atoms with Crippen LogP contribution in [0.2, 0.25) is 0 Å². The van der Waals surface area contributed by atoms with Gasteiger partial charge in [0.05, 0.1) is 0 Å². The Balaban J connectivity index is 1.53. The molecule has 0 spiro atoms. The van der Waals surface area contributed by atoms with Gasteiger partial charge in [0.25, 0.3) is 0 Å². The van der Waals surface area contributed by atoms with E-state index in [2.05, 4.69) is 4.98 Å². The van der Waals surface area contributed by atoms with E-state index in [1.54, 1.807) is 6.92 Å². The van der Waals surface area contributed by atoms with Crippen LogP contribution in [0.3, 0.4) is 0 Å². The van der Waals surface area contributed by atoms with E-state index in [4.69, 9.17) is 13.6 Å². The summed E-state index contributed by atoms with van der Waals surface area (Å²) in [5.74, 6) is 0.838. The first-order chi connectivity index (χ1) is 12.6. The van der Waals surface area contributed by atoms with Crippen molar-refractivity contribution in [2.45, 2.75) is 20.5 Å². The Morgan fingerprint density at radius 1 is 1.00 bits per heavy atom. The third kappa shape index (κ3) is 2.88. The molecule has 0 bridgehead atoms. The molecular formula is C21H17NO4. The molecule has 4 rings (SSSR count). The number of hydrogen-bond donors (Lipinski definition) is 0. The summed E-state index contributed by atoms with van der Waals surface area (Å²) in [5, 5.41) is 0.906. The molecule has 5 heteroatoms. The number of carbonyl (C=O) groups is 1. The molecule has 4 aromatic rings. The molecule has 2 aromatic heterocycles. The number of nitrogens with zero attached hydrogens (tertiary/aromatic N) is 1. The van der Waals surface area contributed by atoms with E-state index in [0.717, 1.165) is 16.5 Å². The maximum atomic E-state index is 12.4. The number of carbonyl (C=O) groups excluding carboxylic acids is 1. The second-order valence-electron chi connectivity index (χ2n) is 6.02. The molecule has 0 N–H and O–H groups in total. The van der Waals surface area contributed by atoms with Crippen molar-refractivity contribution in [2.24, 2.45) is 0 Å². The van der Waals surface area contributed by atoms with Gasteiger partial charge in [0.15, 0.2) is 0 Å². The van der Waals surface area contributed by atoms with Crippen molar-refractivity contribution in [3.05, 3.63) is 77.4 Å². The molecule has 26 heavy (non-hydrogen) atoms. The van der Waals surface area contributed by atoms with Crippen LogP contribution in [0.5, 0.6) is 0 Å². The molecule has 0 amide bonds. The second-order valence-corrected chi connectivity index (χ2v) is 6.02. The number of oxazole rings is 1. The van der Waals surface area contributed by atoms with Crippen LogP contribution in [-0.4, -0.2) is 11.0 Å². The van der Waals surface area contributed by atoms with Crippen LogP contribution in [0.4, 0.5) is 0 Å². The summed E-state index contributed by atoms with van der Waals surface area (Å²) in [6.07, 6.45) is 0. The summed E-state index contributed by atoms with van der Waals surface area (Å²) in [6, 6.07) is 17.1. The lowest BCUT2D eigenvalue weighted by Gasteiger charge is -2.01. The fraction of sp³-hybridized carbons (Fsp3) is 0.143. The predicted octanol–water partition coefficient (Wildman–Crippen LogP) is 5.06. The minimum Gasteiger partial charge on any atom is -0.453 e. The quantitative estimate of drug-likeness (QED) is 0.483. The summed E-state index contributed by atoms with van der Waals surface area (Å²) in [5.41, 5.74) is 2.90. The number of hydrogen-bond acceptors (Lipinski definition) is 5. The summed E-state index contributed by atoms with van der Waals surface area (Å²) < 4.78 is 16.7. The SMILES string of the molecule is Cc1oc(-c2ccccc2)nc1COC(=O)c1oc2ccccc2c1C. The van der Waals surface area contributed by atoms with E-state index in [9.17, 15) is 4.79 Å². The number of benzene rings is 2. The highest BCUT2D eigenvalue weighted by molar-refractivity contribution is 5.95. The van der Waals surface area contributed by atoms with Gasteiger partial charge >= 0.3 is 5.97 Å². The minimum absolute atomic E-state index is 0.0253. The van der Waals surface area contributed by atoms with Crippen LogP contribution < -0.4 is 0 Å². The molecule has 2 aromatic carbocycles. The Labute approximate surface area is 150 Å². The van der Waals surface area contributed by atoms with Crippen LogP contribution in [-0.2, 0) is 11.3 Å². The van der Waals surface area contributed by atoms with E-state index < -0.39 is 5.97 Å². The normalized spacial score (nSPS) is 11.0. The van der Waals surface area contributed by atoms with Crippen LogP contribution in [0, 0.1) is 13.8 Å². The number of rotatable bonds is 4. The Morgan fingerprint density at radius 3 is 2.50 bits per heavy atom. The highest BCUT2D eigenvalue weighted by Crippen LogP contribution is 2.26. The first-order valence-electron chi connectivity index (χ1n) is 8.30. The Kier molecular flexibility index (Phi) is 4.05. The van der Waals surface area contributed by atoms with Gasteiger partial charge in [-0.15, -0.1) is 0 Å². The third-order valence-electron chi connectivity index (χ3n) is 4.28. The maximum Gasteiger partial charge on any atom is 0.374 e. The van der Waals surface area contributed by atoms with Gasteiger partial charge in [-0.3, -0.25) is 0 Å². The minimum atomic E-state index is -0.512. The Hall–Kier alpha value is -3.34. The monoisotopic (exact) mass is 347 g/mol. The van der Waals surface area contributed by atoms with Gasteiger partial charge in [-0.2, -0.15) is 0 Å². The van der Waals surface area contributed by atoms with E-state index in [1.807, 2.05) is 61.5 Å². The summed E-state index contributed by atoms with van der Waals surface area (Å²) >= 11 is 0. The van der Waals surface area contributed by atoms with Crippen molar-refractivity contribution in [1.29, 1.82) is 0 Å². The first-order valence-corrected chi connectivity index (χ1v) is 8.30. The van der Waals surface area contributed by atoms with Gasteiger partial charge in [0.2, 0.25) is 11.7 Å². The highest BCUT2D eigenvalue weighted by atomic mass is 16.5. The molecule has 5 nitrogen and oxygen atoms in total. The zero-order chi connectivity index (χ0) is 18.1. The molecule has 0 aliphatic carbocycles. The average molecular weight is 347 g/mol. The predicted molar refractivity (Wildman–Crippen MR) is 96.7 cm³/mol. The molecule has 130 valence electrons. The van der Waals surface area contributed by atoms with Gasteiger partial charge < -0.3 is 13.6 Å². The first kappa shape index (κ1) is 16.1. The molecule has 0 saturated carbocycles. The summed E-state index contributed by atoms with van der Waals surface area (Å²) in [6.45, 7) is 3.67. The zero-order valence-corrected chi connectivity index (χ0v) is 14.5. The largest absolute Gasteiger partial charge is 0.453 e. The van der Waals surface area contributed by atoms with E-state index in [1.165, 1.54) is 0 Å². The Bertz CT molecular complexity index is 1080. The van der Waals surface area contributed by atoms with Gasteiger partial charge in [-0.1, -0.05) is 36.4 Å². The number of aromatic nitrogens is 1. The second kappa shape index (κ2) is 6.52. The molecular weight excluding hydrogens is 330 g/mol. The van der Waals surface area contributed by atoms with E-state index in [0.29, 0.717) is 22.9 Å². The van der Waals surface area contributed by atoms with Crippen LogP contribution >= 0.6 is 0 Å². The molecule has 0 radical (unpaired) electrons. The molecule has 0 saturated heterocycles. The van der Waals surface area contributed by atoms with Crippen molar-refractivity contribution in [3.8, 4) is 11.5 Å². The fourth-order valence-corrected chi connectivity index (χ4v) is 2.83. The van der Waals surface area contributed by atoms with Crippen molar-refractivity contribution < 1.29 is 18.4 Å². The lowest BCUT2D eigenvalue weighted by molar-refractivity contribution is 0.0432. The van der Waals surface area contributed by atoms with Crippen molar-refractivity contribution in [1.82, 2.24) is 4.98 Å². The number of aryl methyl sites for hydroxylation is 2. The van der Waals surface area contributed by atoms with Crippen molar-refractivity contribution >= 4 is 16.9 Å². The highest BCUT2D eigenvalue weighted by Gasteiger charge is 2.20. The molecule has 0 aliphatic rings. The Morgan fingerprint density at radius 2 is 1.73 bits per heavy atom. The molecule has 2 heterocycles. The third-order valence-corrected chi connectivity index (χ3v) is 4.28. The molecule has 0 fully saturated rings. The van der Waals surface area contributed by atoms with Gasteiger partial charge in [-0.05, 0) is 32.0 Å². The number of esters is 1. The lowest BCUT2D eigenvalue weighted by atomic mass is 10.1. The van der Waals surface area contributed by atoms with Gasteiger partial charge in [0, 0.05) is 16.5 Å². The van der Waals surface area contributed by atoms with E-state index in [-0.39, 0.29) is 12.4 Å². The summed E-state index contributed by atoms with van der Waals surface area (Å²) in [7, 11) is 0. The number of para-hydroxylation sites is 1. The lowest BCUT2D eigenvalue weighted by Crippen LogP contribution is -2.06. The molecule has 0 unspecified atom stereocenters. The van der Waals surface area contributed by atoms with E-state index >= 15 is 0 Å².